The summed E-state index contributed by atoms with van der Waals surface area (Å²) in [4.78, 5) is 13.1. The van der Waals surface area contributed by atoms with Crippen LogP contribution in [0.3, 0.4) is 0 Å². The second-order valence-corrected chi connectivity index (χ2v) is 4.55. The molecule has 0 amide bonds. The zero-order chi connectivity index (χ0) is 9.42. The van der Waals surface area contributed by atoms with Crippen molar-refractivity contribution < 1.29 is 9.90 Å². The van der Waals surface area contributed by atoms with Gasteiger partial charge in [-0.25, -0.2) is 0 Å². The van der Waals surface area contributed by atoms with Crippen molar-refractivity contribution in [3.8, 4) is 0 Å². The van der Waals surface area contributed by atoms with Crippen LogP contribution < -0.4 is 0 Å². The number of likely N-dealkylation sites (tertiary alicyclic amines) is 1. The number of aliphatic carboxylic acids is 1. The Hall–Kier alpha value is -0.570. The number of rotatable bonds is 2. The molecule has 2 fully saturated rings. The summed E-state index contributed by atoms with van der Waals surface area (Å²) in [5.41, 5.74) is 0. The molecule has 0 aromatic carbocycles. The molecule has 2 rings (SSSR count). The van der Waals surface area contributed by atoms with Crippen LogP contribution in [0, 0.1) is 11.8 Å². The highest BCUT2D eigenvalue weighted by Crippen LogP contribution is 2.34. The molecule has 74 valence electrons. The summed E-state index contributed by atoms with van der Waals surface area (Å²) in [6.45, 7) is 4.04. The summed E-state index contributed by atoms with van der Waals surface area (Å²) >= 11 is 0. The van der Waals surface area contributed by atoms with Crippen LogP contribution in [0.2, 0.25) is 0 Å². The lowest BCUT2D eigenvalue weighted by Crippen LogP contribution is -2.42. The number of nitrogens with zero attached hydrogens (tertiary/aromatic N) is 1. The Balaban J connectivity index is 1.81. The van der Waals surface area contributed by atoms with Gasteiger partial charge in [0, 0.05) is 12.6 Å². The largest absolute Gasteiger partial charge is 0.481 e. The van der Waals surface area contributed by atoms with Gasteiger partial charge in [-0.15, -0.1) is 0 Å². The minimum Gasteiger partial charge on any atom is -0.481 e. The number of carbonyl (C=O) groups is 1. The van der Waals surface area contributed by atoms with Crippen LogP contribution >= 0.6 is 0 Å². The molecule has 1 saturated carbocycles. The molecule has 1 atom stereocenters. The summed E-state index contributed by atoms with van der Waals surface area (Å²) < 4.78 is 0. The summed E-state index contributed by atoms with van der Waals surface area (Å²) in [7, 11) is 0. The van der Waals surface area contributed by atoms with Crippen molar-refractivity contribution in [1.82, 2.24) is 4.90 Å². The van der Waals surface area contributed by atoms with Crippen molar-refractivity contribution in [2.24, 2.45) is 11.8 Å². The van der Waals surface area contributed by atoms with Crippen LogP contribution in [0.4, 0.5) is 0 Å². The van der Waals surface area contributed by atoms with Gasteiger partial charge in [0.25, 0.3) is 0 Å². The number of carboxylic acids is 1. The van der Waals surface area contributed by atoms with Crippen molar-refractivity contribution in [3.05, 3.63) is 0 Å². The van der Waals surface area contributed by atoms with Crippen molar-refractivity contribution in [2.45, 2.75) is 32.2 Å². The van der Waals surface area contributed by atoms with Gasteiger partial charge in [-0.1, -0.05) is 6.92 Å². The third kappa shape index (κ3) is 1.70. The average molecular weight is 183 g/mol. The SMILES string of the molecule is CC1CC(N2CCC(C(=O)O)C2)C1. The molecule has 1 aliphatic heterocycles. The Labute approximate surface area is 78.7 Å². The monoisotopic (exact) mass is 183 g/mol. The molecule has 0 radical (unpaired) electrons. The summed E-state index contributed by atoms with van der Waals surface area (Å²) in [5.74, 6) is 0.139. The van der Waals surface area contributed by atoms with E-state index >= 15 is 0 Å². The third-order valence-electron chi connectivity index (χ3n) is 3.43. The van der Waals surface area contributed by atoms with Crippen LogP contribution in [0.25, 0.3) is 0 Å². The van der Waals surface area contributed by atoms with Gasteiger partial charge in [0.15, 0.2) is 0 Å². The highest BCUT2D eigenvalue weighted by atomic mass is 16.4. The Kier molecular flexibility index (Phi) is 2.28. The quantitative estimate of drug-likeness (QED) is 0.699. The second kappa shape index (κ2) is 3.29. The van der Waals surface area contributed by atoms with Gasteiger partial charge in [-0.2, -0.15) is 0 Å². The first-order valence-electron chi connectivity index (χ1n) is 5.13. The second-order valence-electron chi connectivity index (χ2n) is 4.55. The maximum absolute atomic E-state index is 10.7. The fourth-order valence-corrected chi connectivity index (χ4v) is 2.48. The standard InChI is InChI=1S/C10H17NO2/c1-7-4-9(5-7)11-3-2-8(6-11)10(12)13/h7-9H,2-6H2,1H3,(H,12,13). The van der Waals surface area contributed by atoms with Gasteiger partial charge in [0.05, 0.1) is 5.92 Å². The van der Waals surface area contributed by atoms with Gasteiger partial charge in [0.1, 0.15) is 0 Å². The van der Waals surface area contributed by atoms with Crippen molar-refractivity contribution in [1.29, 1.82) is 0 Å². The highest BCUT2D eigenvalue weighted by molar-refractivity contribution is 5.70. The van der Waals surface area contributed by atoms with E-state index in [0.29, 0.717) is 6.04 Å². The molecule has 1 N–H and O–H groups in total. The highest BCUT2D eigenvalue weighted by Gasteiger charge is 2.36. The zero-order valence-corrected chi connectivity index (χ0v) is 8.07. The lowest BCUT2D eigenvalue weighted by atomic mass is 9.81. The molecular formula is C10H17NO2. The number of hydrogen-bond donors (Lipinski definition) is 1. The van der Waals surface area contributed by atoms with Gasteiger partial charge >= 0.3 is 5.97 Å². The molecule has 0 aromatic heterocycles. The first-order chi connectivity index (χ1) is 6.16. The van der Waals surface area contributed by atoms with E-state index in [1.807, 2.05) is 0 Å². The van der Waals surface area contributed by atoms with Crippen LogP contribution in [-0.2, 0) is 4.79 Å². The average Bonchev–Trinajstić information content (AvgIpc) is 2.46. The van der Waals surface area contributed by atoms with E-state index in [2.05, 4.69) is 11.8 Å². The van der Waals surface area contributed by atoms with Gasteiger partial charge in [-0.3, -0.25) is 9.69 Å². The first-order valence-corrected chi connectivity index (χ1v) is 5.13. The predicted octanol–water partition coefficient (Wildman–Crippen LogP) is 1.19. The van der Waals surface area contributed by atoms with Crippen LogP contribution in [0.5, 0.6) is 0 Å². The fourth-order valence-electron chi connectivity index (χ4n) is 2.48. The summed E-state index contributed by atoms with van der Waals surface area (Å²) in [6.07, 6.45) is 3.39. The fraction of sp³-hybridized carbons (Fsp3) is 0.900. The molecule has 0 aromatic rings. The topological polar surface area (TPSA) is 40.5 Å². The van der Waals surface area contributed by atoms with Crippen LogP contribution in [0.15, 0.2) is 0 Å². The van der Waals surface area contributed by atoms with Crippen LogP contribution in [-0.4, -0.2) is 35.1 Å². The molecule has 2 aliphatic rings. The lowest BCUT2D eigenvalue weighted by Gasteiger charge is -2.39. The van der Waals surface area contributed by atoms with Gasteiger partial charge in [-0.05, 0) is 31.7 Å². The Bertz CT molecular complexity index is 211. The molecule has 0 spiro atoms. The van der Waals surface area contributed by atoms with Gasteiger partial charge < -0.3 is 5.11 Å². The summed E-state index contributed by atoms with van der Waals surface area (Å²) in [5, 5.41) is 8.83. The van der Waals surface area contributed by atoms with E-state index in [1.165, 1.54) is 12.8 Å². The molecule has 1 unspecified atom stereocenters. The maximum atomic E-state index is 10.7. The van der Waals surface area contributed by atoms with E-state index < -0.39 is 5.97 Å². The Morgan fingerprint density at radius 1 is 1.46 bits per heavy atom. The predicted molar refractivity (Wildman–Crippen MR) is 49.5 cm³/mol. The minimum atomic E-state index is -0.616. The maximum Gasteiger partial charge on any atom is 0.307 e. The normalized spacial score (nSPS) is 40.2. The lowest BCUT2D eigenvalue weighted by molar-refractivity contribution is -0.141. The molecule has 0 bridgehead atoms. The van der Waals surface area contributed by atoms with E-state index in [9.17, 15) is 4.79 Å². The van der Waals surface area contributed by atoms with Crippen molar-refractivity contribution >= 4 is 5.97 Å². The first kappa shape index (κ1) is 9.00. The Morgan fingerprint density at radius 3 is 2.62 bits per heavy atom. The molecule has 1 saturated heterocycles. The molecule has 1 heterocycles. The van der Waals surface area contributed by atoms with E-state index in [4.69, 9.17) is 5.11 Å². The molecule has 3 heteroatoms. The zero-order valence-electron chi connectivity index (χ0n) is 8.07. The van der Waals surface area contributed by atoms with E-state index in [0.717, 1.165) is 25.4 Å². The third-order valence-corrected chi connectivity index (χ3v) is 3.43. The van der Waals surface area contributed by atoms with Crippen molar-refractivity contribution in [2.75, 3.05) is 13.1 Å². The van der Waals surface area contributed by atoms with E-state index in [1.54, 1.807) is 0 Å². The van der Waals surface area contributed by atoms with Crippen LogP contribution in [0.1, 0.15) is 26.2 Å². The summed E-state index contributed by atoms with van der Waals surface area (Å²) in [6, 6.07) is 0.694. The number of carboxylic acid groups (broad SMARTS) is 1. The molecule has 13 heavy (non-hydrogen) atoms. The number of hydrogen-bond acceptors (Lipinski definition) is 2. The molecular weight excluding hydrogens is 166 g/mol. The molecule has 1 aliphatic carbocycles. The Morgan fingerprint density at radius 2 is 2.15 bits per heavy atom. The van der Waals surface area contributed by atoms with Gasteiger partial charge in [0.2, 0.25) is 0 Å². The minimum absolute atomic E-state index is 0.101. The van der Waals surface area contributed by atoms with E-state index in [-0.39, 0.29) is 5.92 Å². The van der Waals surface area contributed by atoms with Crippen molar-refractivity contribution in [3.63, 3.8) is 0 Å². The smallest absolute Gasteiger partial charge is 0.307 e. The molecule has 3 nitrogen and oxygen atoms in total.